The largest absolute Gasteiger partial charge is 0.497 e. The molecule has 1 aromatic carbocycles. The van der Waals surface area contributed by atoms with Gasteiger partial charge in [0.05, 0.1) is 35.1 Å². The monoisotopic (exact) mass is 430 g/mol. The summed E-state index contributed by atoms with van der Waals surface area (Å²) in [5.41, 5.74) is 9.55. The summed E-state index contributed by atoms with van der Waals surface area (Å²) in [6, 6.07) is 7.03. The predicted octanol–water partition coefficient (Wildman–Crippen LogP) is 4.95. The highest BCUT2D eigenvalue weighted by Gasteiger charge is 2.30. The molecule has 2 aromatic heterocycles. The summed E-state index contributed by atoms with van der Waals surface area (Å²) in [4.78, 5) is 17.9. The maximum atomic E-state index is 13.3. The SMILES string of the molecule is COc1ccc(N)c(NC(=O)c2cc(C3CC3)nc3onc(CC(C)(C)C)c23)c1.Cl. The number of rotatable bonds is 5. The molecule has 8 heteroatoms. The highest BCUT2D eigenvalue weighted by molar-refractivity contribution is 6.13. The summed E-state index contributed by atoms with van der Waals surface area (Å²) < 4.78 is 10.8. The van der Waals surface area contributed by atoms with Crippen molar-refractivity contribution in [2.75, 3.05) is 18.2 Å². The lowest BCUT2D eigenvalue weighted by molar-refractivity contribution is 0.102. The van der Waals surface area contributed by atoms with Crippen LogP contribution in [0.2, 0.25) is 0 Å². The molecule has 160 valence electrons. The van der Waals surface area contributed by atoms with Gasteiger partial charge < -0.3 is 20.3 Å². The van der Waals surface area contributed by atoms with Crippen molar-refractivity contribution in [2.24, 2.45) is 5.41 Å². The number of amides is 1. The molecule has 30 heavy (non-hydrogen) atoms. The molecule has 0 atom stereocenters. The number of hydrogen-bond acceptors (Lipinski definition) is 6. The second kappa shape index (κ2) is 8.14. The fourth-order valence-corrected chi connectivity index (χ4v) is 3.38. The van der Waals surface area contributed by atoms with Gasteiger partial charge in [-0.25, -0.2) is 4.98 Å². The van der Waals surface area contributed by atoms with E-state index in [-0.39, 0.29) is 23.7 Å². The van der Waals surface area contributed by atoms with Crippen LogP contribution in [0.1, 0.15) is 61.3 Å². The van der Waals surface area contributed by atoms with Gasteiger partial charge >= 0.3 is 0 Å². The average Bonchev–Trinajstić information content (AvgIpc) is 3.44. The standard InChI is InChI=1S/C22H26N4O3.ClH/c1-22(2,3)11-18-19-14(10-16(12-5-6-12)25-21(19)29-26-18)20(27)24-17-9-13(28-4)7-8-15(17)23;/h7-10,12H,5-6,11,23H2,1-4H3,(H,24,27);1H. The molecule has 2 heterocycles. The van der Waals surface area contributed by atoms with Crippen LogP contribution in [-0.4, -0.2) is 23.2 Å². The third-order valence-electron chi connectivity index (χ3n) is 4.98. The Bertz CT molecular complexity index is 1080. The molecule has 1 saturated carbocycles. The summed E-state index contributed by atoms with van der Waals surface area (Å²) in [7, 11) is 1.57. The Morgan fingerprint density at radius 2 is 2.03 bits per heavy atom. The molecule has 3 N–H and O–H groups in total. The number of hydrogen-bond donors (Lipinski definition) is 2. The Morgan fingerprint density at radius 3 is 2.67 bits per heavy atom. The van der Waals surface area contributed by atoms with Crippen molar-refractivity contribution in [3.8, 4) is 5.75 Å². The molecule has 7 nitrogen and oxygen atoms in total. The van der Waals surface area contributed by atoms with Crippen molar-refractivity contribution < 1.29 is 14.1 Å². The van der Waals surface area contributed by atoms with Crippen LogP contribution in [0.15, 0.2) is 28.8 Å². The van der Waals surface area contributed by atoms with E-state index in [4.69, 9.17) is 15.0 Å². The van der Waals surface area contributed by atoms with Gasteiger partial charge in [0.2, 0.25) is 0 Å². The van der Waals surface area contributed by atoms with Crippen molar-refractivity contribution in [1.29, 1.82) is 0 Å². The van der Waals surface area contributed by atoms with E-state index in [1.165, 1.54) is 0 Å². The van der Waals surface area contributed by atoms with E-state index in [9.17, 15) is 4.79 Å². The highest BCUT2D eigenvalue weighted by atomic mass is 35.5. The number of carbonyl (C=O) groups excluding carboxylic acids is 1. The van der Waals surface area contributed by atoms with Crippen molar-refractivity contribution in [2.45, 2.75) is 46.0 Å². The lowest BCUT2D eigenvalue weighted by Gasteiger charge is -2.16. The molecule has 1 amide bonds. The van der Waals surface area contributed by atoms with Crippen LogP contribution in [0.4, 0.5) is 11.4 Å². The maximum absolute atomic E-state index is 13.3. The van der Waals surface area contributed by atoms with Gasteiger partial charge in [-0.15, -0.1) is 12.4 Å². The molecular formula is C22H27ClN4O3. The van der Waals surface area contributed by atoms with Crippen LogP contribution < -0.4 is 15.8 Å². The number of methoxy groups -OCH3 is 1. The van der Waals surface area contributed by atoms with E-state index in [0.717, 1.165) is 24.2 Å². The number of benzene rings is 1. The topological polar surface area (TPSA) is 103 Å². The lowest BCUT2D eigenvalue weighted by Crippen LogP contribution is -2.16. The van der Waals surface area contributed by atoms with Gasteiger partial charge in [-0.1, -0.05) is 25.9 Å². The Labute approximate surface area is 181 Å². The van der Waals surface area contributed by atoms with Crippen LogP contribution >= 0.6 is 12.4 Å². The Balaban J connectivity index is 0.00000256. The minimum absolute atomic E-state index is 0. The normalized spacial score (nSPS) is 13.7. The minimum Gasteiger partial charge on any atom is -0.497 e. The molecule has 0 saturated heterocycles. The summed E-state index contributed by atoms with van der Waals surface area (Å²) in [5, 5.41) is 7.82. The van der Waals surface area contributed by atoms with E-state index in [2.05, 4.69) is 36.2 Å². The number of nitrogens with two attached hydrogens (primary N) is 1. The number of ether oxygens (including phenoxy) is 1. The Morgan fingerprint density at radius 1 is 1.30 bits per heavy atom. The molecule has 0 unspecified atom stereocenters. The van der Waals surface area contributed by atoms with Gasteiger partial charge in [0.15, 0.2) is 0 Å². The maximum Gasteiger partial charge on any atom is 0.259 e. The van der Waals surface area contributed by atoms with Gasteiger partial charge in [-0.2, -0.15) is 0 Å². The van der Waals surface area contributed by atoms with E-state index in [1.807, 2.05) is 6.07 Å². The molecule has 0 bridgehead atoms. The fraction of sp³-hybridized carbons (Fsp3) is 0.409. The first-order valence-corrected chi connectivity index (χ1v) is 9.79. The number of carbonyl (C=O) groups is 1. The van der Waals surface area contributed by atoms with Gasteiger partial charge in [-0.3, -0.25) is 4.79 Å². The summed E-state index contributed by atoms with van der Waals surface area (Å²) >= 11 is 0. The number of nitrogen functional groups attached to an aromatic ring is 1. The van der Waals surface area contributed by atoms with E-state index in [0.29, 0.717) is 46.1 Å². The van der Waals surface area contributed by atoms with Crippen LogP contribution in [0.3, 0.4) is 0 Å². The van der Waals surface area contributed by atoms with E-state index >= 15 is 0 Å². The molecule has 3 aromatic rings. The minimum atomic E-state index is -0.266. The number of halogens is 1. The number of pyridine rings is 1. The molecule has 1 aliphatic rings. The molecule has 0 radical (unpaired) electrons. The third kappa shape index (κ3) is 4.51. The van der Waals surface area contributed by atoms with Crippen molar-refractivity contribution in [3.05, 3.63) is 41.2 Å². The molecular weight excluding hydrogens is 404 g/mol. The average molecular weight is 431 g/mol. The van der Waals surface area contributed by atoms with E-state index < -0.39 is 0 Å². The smallest absolute Gasteiger partial charge is 0.259 e. The molecule has 1 aliphatic carbocycles. The zero-order chi connectivity index (χ0) is 20.8. The van der Waals surface area contributed by atoms with Crippen molar-refractivity contribution in [1.82, 2.24) is 10.1 Å². The fourth-order valence-electron chi connectivity index (χ4n) is 3.38. The third-order valence-corrected chi connectivity index (χ3v) is 4.98. The second-order valence-electron chi connectivity index (χ2n) is 8.82. The molecule has 0 aliphatic heterocycles. The summed E-state index contributed by atoms with van der Waals surface area (Å²) in [6.45, 7) is 6.36. The van der Waals surface area contributed by atoms with Crippen molar-refractivity contribution >= 4 is 40.8 Å². The molecule has 1 fully saturated rings. The first-order valence-electron chi connectivity index (χ1n) is 9.79. The van der Waals surface area contributed by atoms with Crippen LogP contribution in [0, 0.1) is 5.41 Å². The number of aromatic nitrogens is 2. The highest BCUT2D eigenvalue weighted by Crippen LogP contribution is 2.41. The first-order chi connectivity index (χ1) is 13.7. The predicted molar refractivity (Wildman–Crippen MR) is 120 cm³/mol. The van der Waals surface area contributed by atoms with Gasteiger partial charge in [-0.05, 0) is 42.9 Å². The number of anilines is 2. The number of nitrogens with one attached hydrogen (secondary N) is 1. The van der Waals surface area contributed by atoms with Crippen LogP contribution in [-0.2, 0) is 6.42 Å². The van der Waals surface area contributed by atoms with Gasteiger partial charge in [0.1, 0.15) is 5.75 Å². The summed E-state index contributed by atoms with van der Waals surface area (Å²) in [6.07, 6.45) is 2.82. The number of fused-ring (bicyclic) bond motifs is 1. The number of nitrogens with zero attached hydrogens (tertiary/aromatic N) is 2. The first kappa shape index (κ1) is 21.9. The lowest BCUT2D eigenvalue weighted by atomic mass is 9.89. The zero-order valence-corrected chi connectivity index (χ0v) is 18.4. The molecule has 4 rings (SSSR count). The quantitative estimate of drug-likeness (QED) is 0.555. The zero-order valence-electron chi connectivity index (χ0n) is 17.6. The molecule has 0 spiro atoms. The van der Waals surface area contributed by atoms with Crippen LogP contribution in [0.25, 0.3) is 11.1 Å². The Kier molecular flexibility index (Phi) is 5.94. The Hall–Kier alpha value is -2.80. The second-order valence-corrected chi connectivity index (χ2v) is 8.82. The van der Waals surface area contributed by atoms with Gasteiger partial charge in [0, 0.05) is 17.7 Å². The van der Waals surface area contributed by atoms with Crippen LogP contribution in [0.5, 0.6) is 5.75 Å². The van der Waals surface area contributed by atoms with Gasteiger partial charge in [0.25, 0.3) is 11.6 Å². The van der Waals surface area contributed by atoms with E-state index in [1.54, 1.807) is 25.3 Å². The van der Waals surface area contributed by atoms with Crippen molar-refractivity contribution in [3.63, 3.8) is 0 Å². The summed E-state index contributed by atoms with van der Waals surface area (Å²) in [5.74, 6) is 0.730.